The highest BCUT2D eigenvalue weighted by atomic mass is 35.5. The minimum absolute atomic E-state index is 0.371. The Morgan fingerprint density at radius 2 is 1.68 bits per heavy atom. The molecule has 0 amide bonds. The molecule has 1 atom stereocenters. The Balaban J connectivity index is 1.92. The molecule has 0 saturated heterocycles. The van der Waals surface area contributed by atoms with Crippen LogP contribution in [0.4, 0.5) is 0 Å². The van der Waals surface area contributed by atoms with Gasteiger partial charge in [-0.1, -0.05) is 56.6 Å². The summed E-state index contributed by atoms with van der Waals surface area (Å²) >= 11 is 6.15. The molecule has 2 rings (SSSR count). The van der Waals surface area contributed by atoms with E-state index in [-0.39, 0.29) is 0 Å². The highest BCUT2D eigenvalue weighted by molar-refractivity contribution is 6.30. The number of rotatable bonds is 10. The van der Waals surface area contributed by atoms with Crippen LogP contribution in [0.3, 0.4) is 0 Å². The molecule has 0 aromatic heterocycles. The summed E-state index contributed by atoms with van der Waals surface area (Å²) in [5.41, 5.74) is 2.57. The second kappa shape index (κ2) is 10.5. The number of nitrogens with zero attached hydrogens (tertiary/aromatic N) is 1. The molecule has 3 heteroatoms. The van der Waals surface area contributed by atoms with Gasteiger partial charge >= 0.3 is 0 Å². The fourth-order valence-corrected chi connectivity index (χ4v) is 3.40. The molecule has 0 radical (unpaired) electrons. The number of benzene rings is 2. The van der Waals surface area contributed by atoms with Crippen LogP contribution in [0.25, 0.3) is 0 Å². The Labute approximate surface area is 157 Å². The van der Waals surface area contributed by atoms with E-state index in [9.17, 15) is 0 Å². The highest BCUT2D eigenvalue weighted by Crippen LogP contribution is 2.30. The van der Waals surface area contributed by atoms with Crippen LogP contribution in [0.15, 0.2) is 48.5 Å². The molecule has 25 heavy (non-hydrogen) atoms. The molecular formula is C22H30ClNO. The standard InChI is InChI=1S/C22H30ClNO/c1-4-22(19-9-7-10-20(23)17-19)18-11-13-21(14-12-18)25-16-8-15-24(5-2)6-3/h7,9-14,17,22H,4-6,8,15-16H2,1-3H3. The molecule has 1 unspecified atom stereocenters. The molecule has 136 valence electrons. The third-order valence-electron chi connectivity index (χ3n) is 4.72. The van der Waals surface area contributed by atoms with E-state index in [0.717, 1.165) is 49.9 Å². The third-order valence-corrected chi connectivity index (χ3v) is 4.96. The summed E-state index contributed by atoms with van der Waals surface area (Å²) in [5, 5.41) is 0.795. The monoisotopic (exact) mass is 359 g/mol. The van der Waals surface area contributed by atoms with Crippen molar-refractivity contribution in [1.82, 2.24) is 4.90 Å². The number of hydrogen-bond acceptors (Lipinski definition) is 2. The molecule has 0 aliphatic heterocycles. The Hall–Kier alpha value is -1.51. The molecule has 0 aliphatic carbocycles. The molecule has 0 heterocycles. The second-order valence-electron chi connectivity index (χ2n) is 6.31. The average Bonchev–Trinajstić information content (AvgIpc) is 2.64. The van der Waals surface area contributed by atoms with Gasteiger partial charge in [0, 0.05) is 17.5 Å². The molecule has 0 saturated carbocycles. The molecule has 0 spiro atoms. The first kappa shape index (κ1) is 19.8. The lowest BCUT2D eigenvalue weighted by atomic mass is 9.89. The summed E-state index contributed by atoms with van der Waals surface area (Å²) in [7, 11) is 0. The van der Waals surface area contributed by atoms with Gasteiger partial charge in [0.1, 0.15) is 5.75 Å². The van der Waals surface area contributed by atoms with E-state index in [1.165, 1.54) is 11.1 Å². The van der Waals surface area contributed by atoms with Crippen LogP contribution in [0.2, 0.25) is 5.02 Å². The third kappa shape index (κ3) is 6.05. The van der Waals surface area contributed by atoms with Crippen molar-refractivity contribution in [2.75, 3.05) is 26.2 Å². The Kier molecular flexibility index (Phi) is 8.30. The predicted molar refractivity (Wildman–Crippen MR) is 108 cm³/mol. The largest absolute Gasteiger partial charge is 0.494 e. The van der Waals surface area contributed by atoms with E-state index in [2.05, 4.69) is 62.1 Å². The number of hydrogen-bond donors (Lipinski definition) is 0. The van der Waals surface area contributed by atoms with Crippen molar-refractivity contribution in [3.63, 3.8) is 0 Å². The summed E-state index contributed by atoms with van der Waals surface area (Å²) in [6.07, 6.45) is 2.11. The van der Waals surface area contributed by atoms with Crippen LogP contribution in [-0.4, -0.2) is 31.1 Å². The van der Waals surface area contributed by atoms with Crippen LogP contribution < -0.4 is 4.74 Å². The number of ether oxygens (including phenoxy) is 1. The van der Waals surface area contributed by atoms with Crippen LogP contribution in [-0.2, 0) is 0 Å². The van der Waals surface area contributed by atoms with Crippen molar-refractivity contribution in [1.29, 1.82) is 0 Å². The van der Waals surface area contributed by atoms with E-state index >= 15 is 0 Å². The Morgan fingerprint density at radius 3 is 2.28 bits per heavy atom. The van der Waals surface area contributed by atoms with Crippen molar-refractivity contribution < 1.29 is 4.74 Å². The smallest absolute Gasteiger partial charge is 0.119 e. The summed E-state index contributed by atoms with van der Waals surface area (Å²) in [6.45, 7) is 10.7. The van der Waals surface area contributed by atoms with E-state index in [0.29, 0.717) is 5.92 Å². The second-order valence-corrected chi connectivity index (χ2v) is 6.75. The maximum atomic E-state index is 6.15. The molecular weight excluding hydrogens is 330 g/mol. The van der Waals surface area contributed by atoms with Gasteiger partial charge in [0.25, 0.3) is 0 Å². The maximum absolute atomic E-state index is 6.15. The van der Waals surface area contributed by atoms with Gasteiger partial charge in [-0.15, -0.1) is 0 Å². The Morgan fingerprint density at radius 1 is 0.960 bits per heavy atom. The van der Waals surface area contributed by atoms with E-state index < -0.39 is 0 Å². The SMILES string of the molecule is CCC(c1ccc(OCCCN(CC)CC)cc1)c1cccc(Cl)c1. The summed E-state index contributed by atoms with van der Waals surface area (Å²) in [5.74, 6) is 1.32. The van der Waals surface area contributed by atoms with Gasteiger partial charge in [-0.2, -0.15) is 0 Å². The zero-order valence-corrected chi connectivity index (χ0v) is 16.4. The minimum atomic E-state index is 0.371. The van der Waals surface area contributed by atoms with E-state index in [4.69, 9.17) is 16.3 Å². The van der Waals surface area contributed by atoms with Gasteiger partial charge in [0.15, 0.2) is 0 Å². The molecule has 0 N–H and O–H groups in total. The van der Waals surface area contributed by atoms with Crippen LogP contribution in [0.5, 0.6) is 5.75 Å². The van der Waals surface area contributed by atoms with Gasteiger partial charge in [-0.25, -0.2) is 0 Å². The van der Waals surface area contributed by atoms with Crippen LogP contribution in [0.1, 0.15) is 50.7 Å². The summed E-state index contributed by atoms with van der Waals surface area (Å²) in [6, 6.07) is 16.7. The Bertz CT molecular complexity index is 622. The zero-order valence-electron chi connectivity index (χ0n) is 15.7. The minimum Gasteiger partial charge on any atom is -0.494 e. The van der Waals surface area contributed by atoms with Gasteiger partial charge in [-0.3, -0.25) is 0 Å². The normalized spacial score (nSPS) is 12.4. The lowest BCUT2D eigenvalue weighted by Gasteiger charge is -2.18. The fraction of sp³-hybridized carbons (Fsp3) is 0.455. The first-order valence-electron chi connectivity index (χ1n) is 9.38. The quantitative estimate of drug-likeness (QED) is 0.483. The predicted octanol–water partition coefficient (Wildman–Crippen LogP) is 5.99. The summed E-state index contributed by atoms with van der Waals surface area (Å²) < 4.78 is 5.89. The first-order chi connectivity index (χ1) is 12.2. The maximum Gasteiger partial charge on any atom is 0.119 e. The molecule has 2 aromatic rings. The zero-order chi connectivity index (χ0) is 18.1. The lowest BCUT2D eigenvalue weighted by Crippen LogP contribution is -2.25. The topological polar surface area (TPSA) is 12.5 Å². The van der Waals surface area contributed by atoms with Crippen LogP contribution >= 0.6 is 11.6 Å². The lowest BCUT2D eigenvalue weighted by molar-refractivity contribution is 0.249. The molecule has 0 aliphatic rings. The summed E-state index contributed by atoms with van der Waals surface area (Å²) in [4.78, 5) is 2.42. The average molecular weight is 360 g/mol. The van der Waals surface area contributed by atoms with Crippen molar-refractivity contribution in [3.8, 4) is 5.75 Å². The van der Waals surface area contributed by atoms with Gasteiger partial charge in [0.2, 0.25) is 0 Å². The van der Waals surface area contributed by atoms with E-state index in [1.54, 1.807) is 0 Å². The van der Waals surface area contributed by atoms with Crippen molar-refractivity contribution in [3.05, 3.63) is 64.7 Å². The van der Waals surface area contributed by atoms with Crippen molar-refractivity contribution in [2.24, 2.45) is 0 Å². The van der Waals surface area contributed by atoms with Gasteiger partial charge < -0.3 is 9.64 Å². The van der Waals surface area contributed by atoms with E-state index in [1.807, 2.05) is 12.1 Å². The molecule has 0 fully saturated rings. The van der Waals surface area contributed by atoms with Gasteiger partial charge in [0.05, 0.1) is 6.61 Å². The molecule has 0 bridgehead atoms. The highest BCUT2D eigenvalue weighted by Gasteiger charge is 2.12. The molecule has 2 nitrogen and oxygen atoms in total. The van der Waals surface area contributed by atoms with Crippen LogP contribution in [0, 0.1) is 0 Å². The fourth-order valence-electron chi connectivity index (χ4n) is 3.20. The number of halogens is 1. The van der Waals surface area contributed by atoms with Gasteiger partial charge in [-0.05, 0) is 61.3 Å². The van der Waals surface area contributed by atoms with Crippen molar-refractivity contribution in [2.45, 2.75) is 39.5 Å². The first-order valence-corrected chi connectivity index (χ1v) is 9.76. The molecule has 2 aromatic carbocycles. The van der Waals surface area contributed by atoms with Crippen molar-refractivity contribution >= 4 is 11.6 Å².